The molecule has 0 unspecified atom stereocenters. The standard InChI is InChI=1S/C22H25ClFN3O2S2/c1-29-21(28)19-15-4-2-3-5-18(15)31-20(19)25-22(30)27-10-8-26(9-11-27)13-14-6-7-17(24)16(23)12-14/h6-7,12H,2-5,8-11,13H2,1H3,(H,25,30). The number of fused-ring (bicyclic) bond motifs is 1. The van der Waals surface area contributed by atoms with E-state index in [4.69, 9.17) is 28.6 Å². The van der Waals surface area contributed by atoms with Gasteiger partial charge in [-0.25, -0.2) is 9.18 Å². The summed E-state index contributed by atoms with van der Waals surface area (Å²) < 4.78 is 18.4. The van der Waals surface area contributed by atoms with Crippen molar-refractivity contribution in [2.75, 3.05) is 38.6 Å². The summed E-state index contributed by atoms with van der Waals surface area (Å²) >= 11 is 13.2. The number of methoxy groups -OCH3 is 1. The Morgan fingerprint density at radius 3 is 2.71 bits per heavy atom. The first-order valence-corrected chi connectivity index (χ1v) is 12.0. The fourth-order valence-corrected chi connectivity index (χ4v) is 5.98. The molecule has 31 heavy (non-hydrogen) atoms. The van der Waals surface area contributed by atoms with Gasteiger partial charge in [0.25, 0.3) is 0 Å². The van der Waals surface area contributed by atoms with E-state index in [0.29, 0.717) is 10.7 Å². The maximum Gasteiger partial charge on any atom is 0.341 e. The van der Waals surface area contributed by atoms with Gasteiger partial charge in [0.05, 0.1) is 17.7 Å². The smallest absolute Gasteiger partial charge is 0.341 e. The lowest BCUT2D eigenvalue weighted by atomic mass is 9.95. The summed E-state index contributed by atoms with van der Waals surface area (Å²) in [6.07, 6.45) is 4.17. The van der Waals surface area contributed by atoms with Crippen LogP contribution in [-0.2, 0) is 24.1 Å². The van der Waals surface area contributed by atoms with Crippen molar-refractivity contribution in [3.8, 4) is 0 Å². The van der Waals surface area contributed by atoms with Crippen LogP contribution in [0.1, 0.15) is 39.2 Å². The van der Waals surface area contributed by atoms with Gasteiger partial charge in [-0.3, -0.25) is 4.90 Å². The van der Waals surface area contributed by atoms with E-state index in [9.17, 15) is 9.18 Å². The first-order chi connectivity index (χ1) is 15.0. The van der Waals surface area contributed by atoms with Gasteiger partial charge in [0.2, 0.25) is 0 Å². The summed E-state index contributed by atoms with van der Waals surface area (Å²) in [5, 5.41) is 4.91. The number of hydrogen-bond acceptors (Lipinski definition) is 5. The molecular formula is C22H25ClFN3O2S2. The van der Waals surface area contributed by atoms with E-state index in [0.717, 1.165) is 74.5 Å². The molecule has 0 atom stereocenters. The van der Waals surface area contributed by atoms with Crippen molar-refractivity contribution in [2.45, 2.75) is 32.2 Å². The summed E-state index contributed by atoms with van der Waals surface area (Å²) in [7, 11) is 1.42. The highest BCUT2D eigenvalue weighted by Crippen LogP contribution is 2.38. The molecule has 4 rings (SSSR count). The van der Waals surface area contributed by atoms with Crippen LogP contribution in [-0.4, -0.2) is 54.2 Å². The maximum absolute atomic E-state index is 13.4. The third kappa shape index (κ3) is 5.03. The molecule has 0 bridgehead atoms. The second-order valence-electron chi connectivity index (χ2n) is 7.85. The first-order valence-electron chi connectivity index (χ1n) is 10.4. The lowest BCUT2D eigenvalue weighted by Crippen LogP contribution is -2.49. The molecular weight excluding hydrogens is 457 g/mol. The van der Waals surface area contributed by atoms with E-state index in [1.807, 2.05) is 0 Å². The number of hydrogen-bond donors (Lipinski definition) is 1. The molecule has 2 heterocycles. The average molecular weight is 482 g/mol. The van der Waals surface area contributed by atoms with Crippen molar-refractivity contribution < 1.29 is 13.9 Å². The maximum atomic E-state index is 13.4. The second kappa shape index (κ2) is 9.81. The van der Waals surface area contributed by atoms with Gasteiger partial charge in [0.1, 0.15) is 10.8 Å². The molecule has 0 saturated carbocycles. The Hall–Kier alpha value is -1.74. The predicted octanol–water partition coefficient (Wildman–Crippen LogP) is 4.72. The van der Waals surface area contributed by atoms with Crippen LogP contribution in [0.2, 0.25) is 5.02 Å². The number of anilines is 1. The van der Waals surface area contributed by atoms with Crippen LogP contribution in [0.4, 0.5) is 9.39 Å². The van der Waals surface area contributed by atoms with Crippen LogP contribution < -0.4 is 5.32 Å². The zero-order valence-electron chi connectivity index (χ0n) is 17.4. The minimum atomic E-state index is -0.395. The summed E-state index contributed by atoms with van der Waals surface area (Å²) in [5.74, 6) is -0.694. The number of nitrogens with zero attached hydrogens (tertiary/aromatic N) is 2. The molecule has 1 aliphatic carbocycles. The summed E-state index contributed by atoms with van der Waals surface area (Å²) in [6.45, 7) is 3.94. The predicted molar refractivity (Wildman–Crippen MR) is 127 cm³/mol. The molecule has 0 amide bonds. The number of carbonyl (C=O) groups is 1. The number of thiocarbonyl (C=S) groups is 1. The van der Waals surface area contributed by atoms with E-state index >= 15 is 0 Å². The van der Waals surface area contributed by atoms with Gasteiger partial charge in [0.15, 0.2) is 5.11 Å². The average Bonchev–Trinajstić information content (AvgIpc) is 3.14. The Morgan fingerprint density at radius 1 is 1.26 bits per heavy atom. The van der Waals surface area contributed by atoms with Crippen molar-refractivity contribution in [1.29, 1.82) is 0 Å². The molecule has 1 saturated heterocycles. The van der Waals surface area contributed by atoms with Gasteiger partial charge in [-0.1, -0.05) is 17.7 Å². The molecule has 1 aromatic heterocycles. The quantitative estimate of drug-likeness (QED) is 0.503. The first kappa shape index (κ1) is 22.5. The second-order valence-corrected chi connectivity index (χ2v) is 9.75. The molecule has 0 spiro atoms. The third-order valence-electron chi connectivity index (χ3n) is 5.83. The number of nitrogens with one attached hydrogen (secondary N) is 1. The van der Waals surface area contributed by atoms with Crippen molar-refractivity contribution >= 4 is 51.2 Å². The Labute approximate surface area is 196 Å². The Kier molecular flexibility index (Phi) is 7.11. The van der Waals surface area contributed by atoms with Gasteiger partial charge in [-0.05, 0) is 61.2 Å². The SMILES string of the molecule is COC(=O)c1c(NC(=S)N2CCN(Cc3ccc(F)c(Cl)c3)CC2)sc2c1CCCC2. The number of rotatable bonds is 4. The van der Waals surface area contributed by atoms with Gasteiger partial charge in [0, 0.05) is 37.6 Å². The zero-order valence-corrected chi connectivity index (χ0v) is 19.8. The summed E-state index contributed by atoms with van der Waals surface area (Å²) in [6, 6.07) is 4.86. The minimum Gasteiger partial charge on any atom is -0.465 e. The number of esters is 1. The highest BCUT2D eigenvalue weighted by atomic mass is 35.5. The van der Waals surface area contributed by atoms with E-state index in [1.165, 1.54) is 18.1 Å². The highest BCUT2D eigenvalue weighted by Gasteiger charge is 2.28. The van der Waals surface area contributed by atoms with Crippen molar-refractivity contribution in [1.82, 2.24) is 9.80 Å². The molecule has 1 N–H and O–H groups in total. The molecule has 2 aromatic rings. The zero-order chi connectivity index (χ0) is 22.0. The number of benzene rings is 1. The Balaban J connectivity index is 1.38. The van der Waals surface area contributed by atoms with Gasteiger partial charge >= 0.3 is 5.97 Å². The number of halogens is 2. The molecule has 1 aromatic carbocycles. The van der Waals surface area contributed by atoms with Crippen molar-refractivity contribution in [3.05, 3.63) is 50.6 Å². The van der Waals surface area contributed by atoms with Crippen LogP contribution in [0, 0.1) is 5.82 Å². The van der Waals surface area contributed by atoms with Crippen LogP contribution in [0.25, 0.3) is 0 Å². The van der Waals surface area contributed by atoms with E-state index < -0.39 is 5.82 Å². The van der Waals surface area contributed by atoms with Gasteiger partial charge in [-0.2, -0.15) is 0 Å². The van der Waals surface area contributed by atoms with Crippen LogP contribution in [0.3, 0.4) is 0 Å². The normalized spacial score (nSPS) is 16.7. The molecule has 2 aliphatic rings. The fraction of sp³-hybridized carbons (Fsp3) is 0.455. The number of ether oxygens (including phenoxy) is 1. The van der Waals surface area contributed by atoms with Gasteiger partial charge < -0.3 is 15.0 Å². The Bertz CT molecular complexity index is 989. The number of carbonyl (C=O) groups excluding carboxylic acids is 1. The number of thiophene rings is 1. The lowest BCUT2D eigenvalue weighted by Gasteiger charge is -2.36. The van der Waals surface area contributed by atoms with E-state index in [1.54, 1.807) is 23.5 Å². The van der Waals surface area contributed by atoms with E-state index in [2.05, 4.69) is 15.1 Å². The minimum absolute atomic E-state index is 0.154. The summed E-state index contributed by atoms with van der Waals surface area (Å²) in [5.41, 5.74) is 2.76. The molecule has 1 aliphatic heterocycles. The van der Waals surface area contributed by atoms with E-state index in [-0.39, 0.29) is 11.0 Å². The van der Waals surface area contributed by atoms with Crippen LogP contribution in [0.5, 0.6) is 0 Å². The monoisotopic (exact) mass is 481 g/mol. The van der Waals surface area contributed by atoms with Crippen molar-refractivity contribution in [3.63, 3.8) is 0 Å². The fourth-order valence-electron chi connectivity index (χ4n) is 4.15. The Morgan fingerprint density at radius 2 is 2.00 bits per heavy atom. The molecule has 0 radical (unpaired) electrons. The van der Waals surface area contributed by atoms with Crippen molar-refractivity contribution in [2.24, 2.45) is 0 Å². The molecule has 5 nitrogen and oxygen atoms in total. The molecule has 1 fully saturated rings. The third-order valence-corrected chi connectivity index (χ3v) is 7.69. The van der Waals surface area contributed by atoms with Gasteiger partial charge in [-0.15, -0.1) is 11.3 Å². The molecule has 9 heteroatoms. The number of aryl methyl sites for hydroxylation is 1. The highest BCUT2D eigenvalue weighted by molar-refractivity contribution is 7.80. The largest absolute Gasteiger partial charge is 0.465 e. The van der Waals surface area contributed by atoms with Crippen LogP contribution >= 0.6 is 35.2 Å². The number of piperazine rings is 1. The van der Waals surface area contributed by atoms with Crippen LogP contribution in [0.15, 0.2) is 18.2 Å². The lowest BCUT2D eigenvalue weighted by molar-refractivity contribution is 0.0601. The molecule has 166 valence electrons. The topological polar surface area (TPSA) is 44.8 Å². The summed E-state index contributed by atoms with van der Waals surface area (Å²) in [4.78, 5) is 18.1.